The Bertz CT molecular complexity index is 492. The van der Waals surface area contributed by atoms with Crippen molar-refractivity contribution in [3.8, 4) is 0 Å². The molecular formula is C15H20N2O3. The molecule has 1 N–H and O–H groups in total. The molecule has 5 heteroatoms. The largest absolute Gasteiger partial charge is 0.393 e. The van der Waals surface area contributed by atoms with E-state index in [-0.39, 0.29) is 16.7 Å². The number of nitro benzene ring substituents is 1. The number of piperidine rings is 1. The van der Waals surface area contributed by atoms with Gasteiger partial charge in [-0.3, -0.25) is 15.0 Å². The standard InChI is InChI=1S/C15H20N2O3/c18-14-9-12-5-6-13(10-14)16(12)8-7-11-3-1-2-4-15(11)17(19)20/h1-4,12-14,18H,5-10H2. The van der Waals surface area contributed by atoms with E-state index in [1.54, 1.807) is 12.1 Å². The van der Waals surface area contributed by atoms with E-state index in [4.69, 9.17) is 0 Å². The Kier molecular flexibility index (Phi) is 3.72. The summed E-state index contributed by atoms with van der Waals surface area (Å²) >= 11 is 0. The maximum absolute atomic E-state index is 11.0. The van der Waals surface area contributed by atoms with Crippen molar-refractivity contribution in [1.82, 2.24) is 4.90 Å². The lowest BCUT2D eigenvalue weighted by Crippen LogP contribution is -2.45. The predicted octanol–water partition coefficient (Wildman–Crippen LogP) is 2.12. The Hall–Kier alpha value is -1.46. The second-order valence-electron chi connectivity index (χ2n) is 5.88. The van der Waals surface area contributed by atoms with Gasteiger partial charge in [-0.2, -0.15) is 0 Å². The second kappa shape index (κ2) is 5.50. The number of aliphatic hydroxyl groups is 1. The monoisotopic (exact) mass is 276 g/mol. The van der Waals surface area contributed by atoms with Crippen LogP contribution in [-0.4, -0.2) is 39.7 Å². The van der Waals surface area contributed by atoms with E-state index in [9.17, 15) is 15.2 Å². The van der Waals surface area contributed by atoms with Crippen LogP contribution in [0, 0.1) is 10.1 Å². The molecule has 20 heavy (non-hydrogen) atoms. The van der Waals surface area contributed by atoms with Crippen LogP contribution in [-0.2, 0) is 6.42 Å². The third kappa shape index (κ3) is 2.55. The molecule has 2 saturated heterocycles. The van der Waals surface area contributed by atoms with Crippen LogP contribution >= 0.6 is 0 Å². The van der Waals surface area contributed by atoms with Crippen LogP contribution in [0.15, 0.2) is 24.3 Å². The molecule has 1 aromatic carbocycles. The quantitative estimate of drug-likeness (QED) is 0.675. The summed E-state index contributed by atoms with van der Waals surface area (Å²) in [6, 6.07) is 7.92. The van der Waals surface area contributed by atoms with E-state index in [2.05, 4.69) is 4.90 Å². The van der Waals surface area contributed by atoms with Crippen molar-refractivity contribution >= 4 is 5.69 Å². The first kappa shape index (κ1) is 13.5. The minimum Gasteiger partial charge on any atom is -0.393 e. The number of hydrogen-bond acceptors (Lipinski definition) is 4. The normalized spacial score (nSPS) is 29.6. The lowest BCUT2D eigenvalue weighted by molar-refractivity contribution is -0.385. The SMILES string of the molecule is O=[N+]([O-])c1ccccc1CCN1C2CCC1CC(O)C2. The maximum atomic E-state index is 11.0. The van der Waals surface area contributed by atoms with Crippen LogP contribution in [0.25, 0.3) is 0 Å². The summed E-state index contributed by atoms with van der Waals surface area (Å²) in [7, 11) is 0. The van der Waals surface area contributed by atoms with Crippen LogP contribution in [0.2, 0.25) is 0 Å². The molecule has 1 aromatic rings. The van der Waals surface area contributed by atoms with Gasteiger partial charge < -0.3 is 5.11 Å². The molecule has 5 nitrogen and oxygen atoms in total. The zero-order chi connectivity index (χ0) is 14.1. The van der Waals surface area contributed by atoms with Gasteiger partial charge in [-0.05, 0) is 32.1 Å². The number of nitrogens with zero attached hydrogens (tertiary/aromatic N) is 2. The second-order valence-corrected chi connectivity index (χ2v) is 5.88. The predicted molar refractivity (Wildman–Crippen MR) is 75.6 cm³/mol. The van der Waals surface area contributed by atoms with Crippen LogP contribution < -0.4 is 0 Å². The van der Waals surface area contributed by atoms with Crippen molar-refractivity contribution in [2.75, 3.05) is 6.54 Å². The van der Waals surface area contributed by atoms with Crippen molar-refractivity contribution in [2.24, 2.45) is 0 Å². The van der Waals surface area contributed by atoms with Gasteiger partial charge in [0.05, 0.1) is 11.0 Å². The molecular weight excluding hydrogens is 256 g/mol. The molecule has 0 aromatic heterocycles. The molecule has 2 bridgehead atoms. The molecule has 2 aliphatic heterocycles. The Morgan fingerprint density at radius 2 is 1.90 bits per heavy atom. The Morgan fingerprint density at radius 3 is 2.55 bits per heavy atom. The number of nitro groups is 1. The fourth-order valence-electron chi connectivity index (χ4n) is 3.76. The van der Waals surface area contributed by atoms with E-state index in [1.807, 2.05) is 12.1 Å². The summed E-state index contributed by atoms with van der Waals surface area (Å²) < 4.78 is 0. The molecule has 108 valence electrons. The van der Waals surface area contributed by atoms with Gasteiger partial charge in [0.2, 0.25) is 0 Å². The lowest BCUT2D eigenvalue weighted by Gasteiger charge is -2.37. The highest BCUT2D eigenvalue weighted by Crippen LogP contribution is 2.35. The topological polar surface area (TPSA) is 66.6 Å². The van der Waals surface area contributed by atoms with E-state index in [0.29, 0.717) is 18.5 Å². The summed E-state index contributed by atoms with van der Waals surface area (Å²) in [4.78, 5) is 13.2. The van der Waals surface area contributed by atoms with Crippen molar-refractivity contribution < 1.29 is 10.0 Å². The zero-order valence-electron chi connectivity index (χ0n) is 11.4. The smallest absolute Gasteiger partial charge is 0.272 e. The fraction of sp³-hybridized carbons (Fsp3) is 0.600. The van der Waals surface area contributed by atoms with Crippen molar-refractivity contribution in [1.29, 1.82) is 0 Å². The number of aliphatic hydroxyl groups excluding tert-OH is 1. The van der Waals surface area contributed by atoms with Crippen LogP contribution in [0.3, 0.4) is 0 Å². The average molecular weight is 276 g/mol. The minimum atomic E-state index is -0.302. The highest BCUT2D eigenvalue weighted by atomic mass is 16.6. The summed E-state index contributed by atoms with van der Waals surface area (Å²) in [5.74, 6) is 0. The molecule has 0 saturated carbocycles. The minimum absolute atomic E-state index is 0.158. The van der Waals surface area contributed by atoms with Crippen LogP contribution in [0.1, 0.15) is 31.2 Å². The Morgan fingerprint density at radius 1 is 1.25 bits per heavy atom. The summed E-state index contributed by atoms with van der Waals surface area (Å²) in [5.41, 5.74) is 1.03. The number of hydrogen-bond donors (Lipinski definition) is 1. The summed E-state index contributed by atoms with van der Waals surface area (Å²) in [5, 5.41) is 20.8. The van der Waals surface area contributed by atoms with Gasteiger partial charge in [0.25, 0.3) is 5.69 Å². The number of fused-ring (bicyclic) bond motifs is 2. The lowest BCUT2D eigenvalue weighted by atomic mass is 9.99. The molecule has 0 radical (unpaired) electrons. The van der Waals surface area contributed by atoms with Crippen molar-refractivity contribution in [3.05, 3.63) is 39.9 Å². The van der Waals surface area contributed by atoms with Crippen molar-refractivity contribution in [2.45, 2.75) is 50.3 Å². The molecule has 0 spiro atoms. The molecule has 2 aliphatic rings. The third-order valence-corrected chi connectivity index (χ3v) is 4.69. The Balaban J connectivity index is 1.67. The van der Waals surface area contributed by atoms with Gasteiger partial charge in [0.1, 0.15) is 0 Å². The molecule has 0 amide bonds. The first-order chi connectivity index (χ1) is 9.65. The van der Waals surface area contributed by atoms with Gasteiger partial charge in [-0.15, -0.1) is 0 Å². The van der Waals surface area contributed by atoms with E-state index in [0.717, 1.165) is 37.8 Å². The van der Waals surface area contributed by atoms with Gasteiger partial charge in [0, 0.05) is 30.3 Å². The maximum Gasteiger partial charge on any atom is 0.272 e. The van der Waals surface area contributed by atoms with Gasteiger partial charge in [-0.1, -0.05) is 18.2 Å². The Labute approximate surface area is 118 Å². The molecule has 0 aliphatic carbocycles. The van der Waals surface area contributed by atoms with Crippen LogP contribution in [0.5, 0.6) is 0 Å². The molecule has 2 heterocycles. The molecule has 2 unspecified atom stereocenters. The first-order valence-electron chi connectivity index (χ1n) is 7.31. The van der Waals surface area contributed by atoms with E-state index >= 15 is 0 Å². The summed E-state index contributed by atoms with van der Waals surface area (Å²) in [6.45, 7) is 0.854. The number of para-hydroxylation sites is 1. The highest BCUT2D eigenvalue weighted by Gasteiger charge is 2.39. The molecule has 2 fully saturated rings. The first-order valence-corrected chi connectivity index (χ1v) is 7.31. The highest BCUT2D eigenvalue weighted by molar-refractivity contribution is 5.39. The summed E-state index contributed by atoms with van der Waals surface area (Å²) in [6.07, 6.45) is 4.56. The van der Waals surface area contributed by atoms with Gasteiger partial charge in [-0.25, -0.2) is 0 Å². The number of rotatable bonds is 4. The molecule has 3 rings (SSSR count). The van der Waals surface area contributed by atoms with Gasteiger partial charge >= 0.3 is 0 Å². The van der Waals surface area contributed by atoms with Crippen LogP contribution in [0.4, 0.5) is 5.69 Å². The molecule has 2 atom stereocenters. The van der Waals surface area contributed by atoms with Gasteiger partial charge in [0.15, 0.2) is 0 Å². The fourth-order valence-corrected chi connectivity index (χ4v) is 3.76. The average Bonchev–Trinajstić information content (AvgIpc) is 2.67. The van der Waals surface area contributed by atoms with Crippen molar-refractivity contribution in [3.63, 3.8) is 0 Å². The van der Waals surface area contributed by atoms with E-state index < -0.39 is 0 Å². The van der Waals surface area contributed by atoms with E-state index in [1.165, 1.54) is 0 Å². The zero-order valence-corrected chi connectivity index (χ0v) is 11.4. The third-order valence-electron chi connectivity index (χ3n) is 4.69. The number of benzene rings is 1.